The van der Waals surface area contributed by atoms with Crippen molar-refractivity contribution in [1.29, 1.82) is 0 Å². The van der Waals surface area contributed by atoms with Gasteiger partial charge in [-0.3, -0.25) is 4.79 Å². The van der Waals surface area contributed by atoms with E-state index in [-0.39, 0.29) is 10.8 Å². The summed E-state index contributed by atoms with van der Waals surface area (Å²) >= 11 is 5.62. The summed E-state index contributed by atoms with van der Waals surface area (Å²) in [5.41, 5.74) is -0.461. The zero-order chi connectivity index (χ0) is 9.68. The Labute approximate surface area is 79.6 Å². The van der Waals surface area contributed by atoms with Crippen molar-refractivity contribution in [2.24, 2.45) is 0 Å². The van der Waals surface area contributed by atoms with E-state index >= 15 is 0 Å². The molecule has 0 unspecified atom stereocenters. The Morgan fingerprint density at radius 2 is 2.38 bits per heavy atom. The second-order valence-corrected chi connectivity index (χ2v) is 2.60. The summed E-state index contributed by atoms with van der Waals surface area (Å²) in [5, 5.41) is 5.72. The maximum Gasteiger partial charge on any atom is 0.286 e. The fourth-order valence-electron chi connectivity index (χ4n) is 0.703. The second-order valence-electron chi connectivity index (χ2n) is 2.22. The van der Waals surface area contributed by atoms with Crippen LogP contribution in [-0.4, -0.2) is 30.5 Å². The highest BCUT2D eigenvalue weighted by Crippen LogP contribution is 2.16. The van der Waals surface area contributed by atoms with Crippen LogP contribution in [0.1, 0.15) is 0 Å². The number of hydrogen-bond donors (Lipinski definition) is 1. The average molecular weight is 205 g/mol. The van der Waals surface area contributed by atoms with E-state index in [0.29, 0.717) is 13.2 Å². The molecule has 0 spiro atoms. The molecule has 0 bridgehead atoms. The Morgan fingerprint density at radius 1 is 1.62 bits per heavy atom. The van der Waals surface area contributed by atoms with Gasteiger partial charge in [-0.05, 0) is 0 Å². The van der Waals surface area contributed by atoms with E-state index in [1.54, 1.807) is 7.11 Å². The molecule has 1 aromatic heterocycles. The molecule has 1 rings (SSSR count). The smallest absolute Gasteiger partial charge is 0.286 e. The zero-order valence-electron chi connectivity index (χ0n) is 7.04. The van der Waals surface area contributed by atoms with Crippen molar-refractivity contribution >= 4 is 11.6 Å². The Morgan fingerprint density at radius 3 is 3.08 bits per heavy atom. The molecule has 0 saturated heterocycles. The van der Waals surface area contributed by atoms with Gasteiger partial charge in [0.2, 0.25) is 0 Å². The van der Waals surface area contributed by atoms with E-state index in [4.69, 9.17) is 21.1 Å². The van der Waals surface area contributed by atoms with Crippen molar-refractivity contribution in [3.05, 3.63) is 21.6 Å². The third-order valence-electron chi connectivity index (χ3n) is 1.31. The van der Waals surface area contributed by atoms with Gasteiger partial charge in [0.25, 0.3) is 5.56 Å². The first-order valence-electron chi connectivity index (χ1n) is 3.60. The number of hydrogen-bond acceptors (Lipinski definition) is 4. The normalized spacial score (nSPS) is 10.0. The lowest BCUT2D eigenvalue weighted by atomic mass is 10.5. The van der Waals surface area contributed by atoms with Gasteiger partial charge >= 0.3 is 0 Å². The van der Waals surface area contributed by atoms with Gasteiger partial charge in [-0.1, -0.05) is 11.6 Å². The van der Waals surface area contributed by atoms with Crippen LogP contribution < -0.4 is 10.3 Å². The van der Waals surface area contributed by atoms with Crippen molar-refractivity contribution in [2.75, 3.05) is 20.3 Å². The highest BCUT2D eigenvalue weighted by molar-refractivity contribution is 6.31. The topological polar surface area (TPSA) is 64.2 Å². The maximum atomic E-state index is 10.9. The number of H-pyrrole nitrogens is 1. The quantitative estimate of drug-likeness (QED) is 0.724. The van der Waals surface area contributed by atoms with Crippen LogP contribution in [0.25, 0.3) is 0 Å². The van der Waals surface area contributed by atoms with Crippen LogP contribution in [-0.2, 0) is 4.74 Å². The van der Waals surface area contributed by atoms with Crippen molar-refractivity contribution in [1.82, 2.24) is 10.2 Å². The lowest BCUT2D eigenvalue weighted by Gasteiger charge is -2.04. The first kappa shape index (κ1) is 10.0. The molecule has 0 atom stereocenters. The molecule has 0 saturated carbocycles. The summed E-state index contributed by atoms with van der Waals surface area (Å²) in [6.45, 7) is 0.768. The molecule has 0 aliphatic rings. The molecule has 0 amide bonds. The maximum absolute atomic E-state index is 10.9. The van der Waals surface area contributed by atoms with Gasteiger partial charge in [0.1, 0.15) is 6.61 Å². The minimum atomic E-state index is -0.461. The van der Waals surface area contributed by atoms with E-state index in [2.05, 4.69) is 10.2 Å². The van der Waals surface area contributed by atoms with Crippen LogP contribution in [0.3, 0.4) is 0 Å². The second kappa shape index (κ2) is 4.84. The van der Waals surface area contributed by atoms with E-state index in [1.165, 1.54) is 6.20 Å². The number of ether oxygens (including phenoxy) is 2. The lowest BCUT2D eigenvalue weighted by molar-refractivity contribution is 0.146. The fraction of sp³-hybridized carbons (Fsp3) is 0.429. The monoisotopic (exact) mass is 204 g/mol. The van der Waals surface area contributed by atoms with E-state index < -0.39 is 5.56 Å². The molecule has 0 aliphatic carbocycles. The average Bonchev–Trinajstić information content (AvgIpc) is 2.13. The minimum absolute atomic E-state index is 0.00565. The Kier molecular flexibility index (Phi) is 3.72. The van der Waals surface area contributed by atoms with Gasteiger partial charge in [0, 0.05) is 7.11 Å². The SMILES string of the molecule is COCCOc1cn[nH]c(=O)c1Cl. The van der Waals surface area contributed by atoms with Crippen LogP contribution in [0.2, 0.25) is 5.02 Å². The predicted molar refractivity (Wildman–Crippen MR) is 47.2 cm³/mol. The number of aromatic amines is 1. The van der Waals surface area contributed by atoms with Gasteiger partial charge in [0.15, 0.2) is 10.8 Å². The van der Waals surface area contributed by atoms with Crippen molar-refractivity contribution < 1.29 is 9.47 Å². The largest absolute Gasteiger partial charge is 0.488 e. The number of methoxy groups -OCH3 is 1. The van der Waals surface area contributed by atoms with Crippen molar-refractivity contribution in [3.63, 3.8) is 0 Å². The van der Waals surface area contributed by atoms with E-state index in [1.807, 2.05) is 0 Å². The van der Waals surface area contributed by atoms with Crippen molar-refractivity contribution in [2.45, 2.75) is 0 Å². The number of aromatic nitrogens is 2. The zero-order valence-corrected chi connectivity index (χ0v) is 7.80. The first-order valence-corrected chi connectivity index (χ1v) is 3.98. The molecule has 0 fully saturated rings. The number of rotatable bonds is 4. The molecular formula is C7H9ClN2O3. The molecule has 0 aromatic carbocycles. The Balaban J connectivity index is 2.66. The summed E-state index contributed by atoms with van der Waals surface area (Å²) in [6.07, 6.45) is 1.35. The Bertz CT molecular complexity index is 326. The van der Waals surface area contributed by atoms with Crippen LogP contribution in [0.5, 0.6) is 5.75 Å². The summed E-state index contributed by atoms with van der Waals surface area (Å²) in [4.78, 5) is 10.9. The van der Waals surface area contributed by atoms with Gasteiger partial charge < -0.3 is 9.47 Å². The van der Waals surface area contributed by atoms with Gasteiger partial charge in [-0.15, -0.1) is 0 Å². The lowest BCUT2D eigenvalue weighted by Crippen LogP contribution is -2.12. The molecule has 13 heavy (non-hydrogen) atoms. The molecular weight excluding hydrogens is 196 g/mol. The van der Waals surface area contributed by atoms with E-state index in [9.17, 15) is 4.79 Å². The summed E-state index contributed by atoms with van der Waals surface area (Å²) in [5.74, 6) is 0.266. The molecule has 5 nitrogen and oxygen atoms in total. The fourth-order valence-corrected chi connectivity index (χ4v) is 0.848. The van der Waals surface area contributed by atoms with Crippen molar-refractivity contribution in [3.8, 4) is 5.75 Å². The standard InChI is InChI=1S/C7H9ClN2O3/c1-12-2-3-13-5-4-9-10-7(11)6(5)8/h4H,2-3H2,1H3,(H,10,11). The minimum Gasteiger partial charge on any atom is -0.488 e. The first-order chi connectivity index (χ1) is 6.25. The summed E-state index contributed by atoms with van der Waals surface area (Å²) in [6, 6.07) is 0. The number of halogens is 1. The molecule has 1 aromatic rings. The molecule has 0 radical (unpaired) electrons. The number of nitrogens with zero attached hydrogens (tertiary/aromatic N) is 1. The van der Waals surface area contributed by atoms with Gasteiger partial charge in [0.05, 0.1) is 12.8 Å². The molecule has 6 heteroatoms. The van der Waals surface area contributed by atoms with Gasteiger partial charge in [-0.25, -0.2) is 5.10 Å². The highest BCUT2D eigenvalue weighted by Gasteiger charge is 2.04. The molecule has 72 valence electrons. The van der Waals surface area contributed by atoms with Crippen LogP contribution >= 0.6 is 11.6 Å². The van der Waals surface area contributed by atoms with E-state index in [0.717, 1.165) is 0 Å². The Hall–Kier alpha value is -1.07. The molecule has 1 heterocycles. The number of nitrogens with one attached hydrogen (secondary N) is 1. The van der Waals surface area contributed by atoms with Gasteiger partial charge in [-0.2, -0.15) is 5.10 Å². The third-order valence-corrected chi connectivity index (χ3v) is 1.67. The molecule has 0 aliphatic heterocycles. The summed E-state index contributed by atoms with van der Waals surface area (Å²) < 4.78 is 9.88. The van der Waals surface area contributed by atoms with Crippen LogP contribution in [0.15, 0.2) is 11.0 Å². The van der Waals surface area contributed by atoms with Crippen LogP contribution in [0.4, 0.5) is 0 Å². The summed E-state index contributed by atoms with van der Waals surface area (Å²) in [7, 11) is 1.56. The van der Waals surface area contributed by atoms with Crippen LogP contribution in [0, 0.1) is 0 Å². The predicted octanol–water partition coefficient (Wildman–Crippen LogP) is 0.448. The molecule has 1 N–H and O–H groups in total. The third kappa shape index (κ3) is 2.71. The highest BCUT2D eigenvalue weighted by atomic mass is 35.5.